The molecule has 2 bridgehead atoms. The van der Waals surface area contributed by atoms with Crippen LogP contribution in [0.2, 0.25) is 0 Å². The van der Waals surface area contributed by atoms with E-state index in [1.54, 1.807) is 6.92 Å². The average Bonchev–Trinajstić information content (AvgIpc) is 3.20. The minimum Gasteiger partial charge on any atom is -0.404 e. The summed E-state index contributed by atoms with van der Waals surface area (Å²) in [6.45, 7) is 18.7. The normalized spacial score (nSPS) is 29.8. The summed E-state index contributed by atoms with van der Waals surface area (Å²) in [5, 5.41) is 16.5. The molecule has 1 saturated heterocycles. The first-order valence-electron chi connectivity index (χ1n) is 15.8. The lowest BCUT2D eigenvalue weighted by Crippen LogP contribution is -2.65. The Kier molecular flexibility index (Phi) is 10.6. The molecule has 2 amide bonds. The van der Waals surface area contributed by atoms with Gasteiger partial charge in [0, 0.05) is 5.41 Å². The predicted octanol–water partition coefficient (Wildman–Crippen LogP) is 5.43. The molecule has 0 spiro atoms. The topological polar surface area (TPSA) is 96.9 Å². The van der Waals surface area contributed by atoms with Crippen LogP contribution in [0.1, 0.15) is 127 Å². The third-order valence-corrected chi connectivity index (χ3v) is 10.2. The van der Waals surface area contributed by atoms with Gasteiger partial charge in [0.05, 0.1) is 23.8 Å². The number of hydrogen-bond acceptors (Lipinski definition) is 5. The smallest absolute Gasteiger partial charge is 0.404 e. The molecule has 8 heteroatoms. The van der Waals surface area contributed by atoms with Crippen LogP contribution in [0, 0.1) is 28.6 Å². The van der Waals surface area contributed by atoms with Crippen LogP contribution in [0.15, 0.2) is 0 Å². The minimum absolute atomic E-state index is 0.0286. The first-order valence-corrected chi connectivity index (χ1v) is 15.8. The van der Waals surface area contributed by atoms with E-state index in [1.165, 1.54) is 32.1 Å². The molecule has 1 aliphatic heterocycles. The first-order chi connectivity index (χ1) is 18.1. The predicted molar refractivity (Wildman–Crippen MR) is 157 cm³/mol. The van der Waals surface area contributed by atoms with E-state index in [0.29, 0.717) is 24.2 Å². The van der Waals surface area contributed by atoms with Crippen LogP contribution in [0.5, 0.6) is 0 Å². The fourth-order valence-electron chi connectivity index (χ4n) is 7.29. The van der Waals surface area contributed by atoms with Gasteiger partial charge in [-0.15, -0.1) is 0 Å². The summed E-state index contributed by atoms with van der Waals surface area (Å²) in [6, 6.07) is -1.04. The zero-order valence-electron chi connectivity index (χ0n) is 26.3. The second-order valence-corrected chi connectivity index (χ2v) is 14.7. The van der Waals surface area contributed by atoms with Crippen LogP contribution >= 0.6 is 0 Å². The number of carbonyl (C=O) groups is 2. The van der Waals surface area contributed by atoms with Crippen LogP contribution in [0.25, 0.3) is 0 Å². The highest BCUT2D eigenvalue weighted by atomic mass is 16.7. The molecular weight excluding hydrogens is 491 g/mol. The molecule has 4 rings (SSSR count). The minimum atomic E-state index is -1.04. The molecule has 3 saturated carbocycles. The van der Waals surface area contributed by atoms with Gasteiger partial charge in [-0.25, -0.2) is 0 Å². The van der Waals surface area contributed by atoms with Gasteiger partial charge in [0.25, 0.3) is 0 Å². The Morgan fingerprint density at radius 2 is 1.67 bits per heavy atom. The van der Waals surface area contributed by atoms with Gasteiger partial charge in [-0.1, -0.05) is 87.0 Å². The summed E-state index contributed by atoms with van der Waals surface area (Å²) < 4.78 is 13.2. The zero-order valence-corrected chi connectivity index (χ0v) is 26.3. The maximum Gasteiger partial charge on any atom is 0.481 e. The number of rotatable bonds is 15. The Balaban J connectivity index is 1.62. The van der Waals surface area contributed by atoms with Gasteiger partial charge in [0.2, 0.25) is 11.8 Å². The van der Waals surface area contributed by atoms with Crippen molar-refractivity contribution < 1.29 is 24.0 Å². The second-order valence-electron chi connectivity index (χ2n) is 14.7. The Morgan fingerprint density at radius 3 is 2.26 bits per heavy atom. The maximum absolute atomic E-state index is 13.5. The average molecular weight is 549 g/mol. The van der Waals surface area contributed by atoms with Gasteiger partial charge in [0.1, 0.15) is 6.04 Å². The van der Waals surface area contributed by atoms with Crippen LogP contribution in [-0.2, 0) is 18.9 Å². The van der Waals surface area contributed by atoms with Crippen LogP contribution in [-0.4, -0.2) is 53.8 Å². The fourth-order valence-corrected chi connectivity index (χ4v) is 7.29. The first kappa shape index (κ1) is 32.4. The highest BCUT2D eigenvalue weighted by Gasteiger charge is 2.68. The molecule has 224 valence electrons. The van der Waals surface area contributed by atoms with Gasteiger partial charge in [-0.2, -0.15) is 0 Å². The summed E-state index contributed by atoms with van der Waals surface area (Å²) in [5.74, 6) is 0.430. The van der Waals surface area contributed by atoms with E-state index in [0.717, 1.165) is 25.7 Å². The molecule has 4 fully saturated rings. The summed E-state index contributed by atoms with van der Waals surface area (Å²) >= 11 is 0. The van der Waals surface area contributed by atoms with Crippen molar-refractivity contribution in [2.24, 2.45) is 28.6 Å². The van der Waals surface area contributed by atoms with Crippen molar-refractivity contribution in [2.75, 3.05) is 0 Å². The van der Waals surface area contributed by atoms with Crippen molar-refractivity contribution in [3.8, 4) is 0 Å². The van der Waals surface area contributed by atoms with Crippen molar-refractivity contribution in [2.45, 2.75) is 156 Å². The molecule has 0 aromatic rings. The number of carbonyl (C=O) groups excluding carboxylic acids is 2. The third kappa shape index (κ3) is 7.21. The molecule has 7 nitrogen and oxygen atoms in total. The molecular formula is C31H57BN2O5. The molecule has 0 radical (unpaired) electrons. The largest absolute Gasteiger partial charge is 0.481 e. The SMILES string of the molecule is CCCCCCCCC(C)(C)C(=O)N[C@H](C(=O)N[C@@H](CC(C)C)B1O[C@@H]2C[C@@H]3C[C@@H](C3(C)C)[C@]2(C)O1)[C@@H](C)O. The van der Waals surface area contributed by atoms with Gasteiger partial charge in [0.15, 0.2) is 0 Å². The van der Waals surface area contributed by atoms with Crippen molar-refractivity contribution >= 4 is 18.9 Å². The van der Waals surface area contributed by atoms with Crippen molar-refractivity contribution in [1.82, 2.24) is 10.6 Å². The van der Waals surface area contributed by atoms with E-state index in [9.17, 15) is 14.7 Å². The Hall–Kier alpha value is -1.12. The van der Waals surface area contributed by atoms with Crippen LogP contribution in [0.4, 0.5) is 0 Å². The van der Waals surface area contributed by atoms with Crippen molar-refractivity contribution in [3.05, 3.63) is 0 Å². The summed E-state index contributed by atoms with van der Waals surface area (Å²) in [7, 11) is -0.545. The Bertz CT molecular complexity index is 847. The summed E-state index contributed by atoms with van der Waals surface area (Å²) in [5.41, 5.74) is -0.739. The van der Waals surface area contributed by atoms with Crippen LogP contribution in [0.3, 0.4) is 0 Å². The highest BCUT2D eigenvalue weighted by Crippen LogP contribution is 2.65. The van der Waals surface area contributed by atoms with E-state index in [4.69, 9.17) is 9.31 Å². The van der Waals surface area contributed by atoms with E-state index < -0.39 is 30.6 Å². The van der Waals surface area contributed by atoms with E-state index in [2.05, 4.69) is 52.2 Å². The highest BCUT2D eigenvalue weighted by molar-refractivity contribution is 6.48. The molecule has 7 atom stereocenters. The molecule has 4 aliphatic rings. The number of hydrogen-bond donors (Lipinski definition) is 3. The molecule has 3 N–H and O–H groups in total. The Morgan fingerprint density at radius 1 is 1.03 bits per heavy atom. The van der Waals surface area contributed by atoms with Crippen LogP contribution < -0.4 is 10.6 Å². The van der Waals surface area contributed by atoms with Crippen molar-refractivity contribution in [3.63, 3.8) is 0 Å². The van der Waals surface area contributed by atoms with Crippen molar-refractivity contribution in [1.29, 1.82) is 0 Å². The van der Waals surface area contributed by atoms with E-state index in [1.807, 2.05) is 13.8 Å². The fraction of sp³-hybridized carbons (Fsp3) is 0.935. The van der Waals surface area contributed by atoms with Gasteiger partial charge in [-0.3, -0.25) is 9.59 Å². The third-order valence-electron chi connectivity index (χ3n) is 10.2. The molecule has 0 unspecified atom stereocenters. The molecule has 1 heterocycles. The van der Waals surface area contributed by atoms with Gasteiger partial charge >= 0.3 is 7.12 Å². The van der Waals surface area contributed by atoms with E-state index >= 15 is 0 Å². The Labute approximate surface area is 238 Å². The second kappa shape index (κ2) is 12.8. The van der Waals surface area contributed by atoms with Gasteiger partial charge in [-0.05, 0) is 62.7 Å². The summed E-state index contributed by atoms with van der Waals surface area (Å²) in [4.78, 5) is 26.8. The number of amides is 2. The lowest BCUT2D eigenvalue weighted by Gasteiger charge is -2.64. The maximum atomic E-state index is 13.5. The molecule has 3 aliphatic carbocycles. The van der Waals surface area contributed by atoms with Gasteiger partial charge < -0.3 is 25.0 Å². The number of aliphatic hydroxyl groups excluding tert-OH is 1. The molecule has 39 heavy (non-hydrogen) atoms. The lowest BCUT2D eigenvalue weighted by molar-refractivity contribution is -0.199. The lowest BCUT2D eigenvalue weighted by atomic mass is 9.43. The summed E-state index contributed by atoms with van der Waals surface area (Å²) in [6.07, 6.45) is 9.55. The number of aliphatic hydroxyl groups is 1. The number of unbranched alkanes of at least 4 members (excludes halogenated alkanes) is 5. The van der Waals surface area contributed by atoms with E-state index in [-0.39, 0.29) is 29.0 Å². The molecule has 0 aromatic heterocycles. The standard InChI is InChI=1S/C31H57BN2O5/c1-10-11-12-13-14-15-16-29(5,6)28(37)34-26(21(4)35)27(36)33-25(17-20(2)3)32-38-24-19-22-18-23(30(22,7)8)31(24,9)39-32/h20-26,35H,10-19H2,1-9H3,(H,33,36)(H,34,37)/t21-,22+,23+,24-,25+,26+,31+/m1/s1. The number of nitrogens with one attached hydrogen (secondary N) is 2. The quantitative estimate of drug-likeness (QED) is 0.187. The zero-order chi connectivity index (χ0) is 29.2. The molecule has 0 aromatic carbocycles. The monoisotopic (exact) mass is 548 g/mol.